The number of pyridine rings is 1. The summed E-state index contributed by atoms with van der Waals surface area (Å²) >= 11 is 0. The van der Waals surface area contributed by atoms with E-state index in [9.17, 15) is 4.79 Å². The van der Waals surface area contributed by atoms with E-state index in [0.717, 1.165) is 16.6 Å². The van der Waals surface area contributed by atoms with Crippen molar-refractivity contribution in [1.82, 2.24) is 14.9 Å². The number of carbonyl (C=O) groups is 1. The lowest BCUT2D eigenvalue weighted by atomic mass is 10.1. The van der Waals surface area contributed by atoms with Gasteiger partial charge in [0.15, 0.2) is 11.5 Å². The fourth-order valence-electron chi connectivity index (χ4n) is 2.87. The highest BCUT2D eigenvalue weighted by molar-refractivity contribution is 6.06. The quantitative estimate of drug-likeness (QED) is 0.776. The van der Waals surface area contributed by atoms with Crippen LogP contribution in [-0.4, -0.2) is 29.7 Å². The van der Waals surface area contributed by atoms with Crippen LogP contribution in [0.1, 0.15) is 28.9 Å². The number of aryl methyl sites for hydroxylation is 1. The first kappa shape index (κ1) is 16.8. The number of nitrogens with one attached hydrogen (secondary N) is 1. The van der Waals surface area contributed by atoms with Crippen molar-refractivity contribution < 1.29 is 14.3 Å². The highest BCUT2D eigenvalue weighted by Crippen LogP contribution is 2.30. The molecule has 0 bridgehead atoms. The Morgan fingerprint density at radius 2 is 1.96 bits per heavy atom. The molecule has 0 unspecified atom stereocenters. The predicted molar refractivity (Wildman–Crippen MR) is 96.1 cm³/mol. The van der Waals surface area contributed by atoms with Gasteiger partial charge in [0.1, 0.15) is 5.65 Å². The zero-order valence-corrected chi connectivity index (χ0v) is 14.7. The van der Waals surface area contributed by atoms with Gasteiger partial charge in [-0.3, -0.25) is 4.79 Å². The van der Waals surface area contributed by atoms with Crippen LogP contribution >= 0.6 is 0 Å². The largest absolute Gasteiger partial charge is 0.493 e. The molecule has 2 heterocycles. The maximum absolute atomic E-state index is 12.7. The zero-order chi connectivity index (χ0) is 18.0. The van der Waals surface area contributed by atoms with E-state index in [2.05, 4.69) is 10.3 Å². The van der Waals surface area contributed by atoms with Gasteiger partial charge in [-0.15, -0.1) is 0 Å². The van der Waals surface area contributed by atoms with Crippen LogP contribution in [0.15, 0.2) is 42.7 Å². The number of methoxy groups -OCH3 is 2. The van der Waals surface area contributed by atoms with E-state index in [1.807, 2.05) is 48.9 Å². The summed E-state index contributed by atoms with van der Waals surface area (Å²) in [7, 11) is 5.06. The van der Waals surface area contributed by atoms with Crippen molar-refractivity contribution in [3.05, 3.63) is 53.9 Å². The van der Waals surface area contributed by atoms with Crippen LogP contribution in [0.3, 0.4) is 0 Å². The number of rotatable bonds is 5. The molecule has 0 saturated carbocycles. The van der Waals surface area contributed by atoms with Gasteiger partial charge in [0.25, 0.3) is 5.91 Å². The highest BCUT2D eigenvalue weighted by atomic mass is 16.5. The van der Waals surface area contributed by atoms with E-state index in [-0.39, 0.29) is 11.9 Å². The lowest BCUT2D eigenvalue weighted by Gasteiger charge is -2.16. The second-order valence-corrected chi connectivity index (χ2v) is 5.84. The summed E-state index contributed by atoms with van der Waals surface area (Å²) in [5.74, 6) is 1.15. The number of ether oxygens (including phenoxy) is 2. The summed E-state index contributed by atoms with van der Waals surface area (Å²) in [6.45, 7) is 1.93. The molecular formula is C19H21N3O3. The van der Waals surface area contributed by atoms with Gasteiger partial charge in [-0.1, -0.05) is 6.07 Å². The van der Waals surface area contributed by atoms with Gasteiger partial charge >= 0.3 is 0 Å². The van der Waals surface area contributed by atoms with Gasteiger partial charge in [-0.05, 0) is 36.8 Å². The van der Waals surface area contributed by atoms with Crippen LogP contribution in [0.5, 0.6) is 11.5 Å². The standard InChI is InChI=1S/C19H21N3O3/c1-12(13-7-8-16(24-3)17(10-13)25-4)21-19(23)15-11-22(2)18-14(15)6-5-9-20-18/h5-12H,1-4H3,(H,21,23)/t12-/m0/s1. The van der Waals surface area contributed by atoms with Gasteiger partial charge in [-0.25, -0.2) is 4.98 Å². The number of aromatic nitrogens is 2. The fourth-order valence-corrected chi connectivity index (χ4v) is 2.87. The summed E-state index contributed by atoms with van der Waals surface area (Å²) in [5.41, 5.74) is 2.33. The molecule has 1 N–H and O–H groups in total. The number of carbonyl (C=O) groups excluding carboxylic acids is 1. The molecular weight excluding hydrogens is 318 g/mol. The molecule has 1 aromatic carbocycles. The lowest BCUT2D eigenvalue weighted by Crippen LogP contribution is -2.26. The molecule has 0 aliphatic carbocycles. The lowest BCUT2D eigenvalue weighted by molar-refractivity contribution is 0.0941. The third-order valence-corrected chi connectivity index (χ3v) is 4.23. The number of amides is 1. The van der Waals surface area contributed by atoms with Gasteiger partial charge in [-0.2, -0.15) is 0 Å². The van der Waals surface area contributed by atoms with Crippen LogP contribution in [0.4, 0.5) is 0 Å². The number of hydrogen-bond donors (Lipinski definition) is 1. The Balaban J connectivity index is 1.85. The first-order valence-corrected chi connectivity index (χ1v) is 7.98. The number of benzene rings is 1. The summed E-state index contributed by atoms with van der Waals surface area (Å²) in [6, 6.07) is 9.17. The van der Waals surface area contributed by atoms with Gasteiger partial charge < -0.3 is 19.4 Å². The first-order valence-electron chi connectivity index (χ1n) is 7.98. The molecule has 3 rings (SSSR count). The number of nitrogens with zero attached hydrogens (tertiary/aromatic N) is 2. The Bertz CT molecular complexity index is 917. The molecule has 25 heavy (non-hydrogen) atoms. The number of fused-ring (bicyclic) bond motifs is 1. The van der Waals surface area contributed by atoms with Gasteiger partial charge in [0.05, 0.1) is 25.8 Å². The minimum absolute atomic E-state index is 0.138. The van der Waals surface area contributed by atoms with E-state index < -0.39 is 0 Å². The molecule has 1 atom stereocenters. The molecule has 1 amide bonds. The minimum atomic E-state index is -0.181. The smallest absolute Gasteiger partial charge is 0.253 e. The third kappa shape index (κ3) is 3.15. The number of hydrogen-bond acceptors (Lipinski definition) is 4. The van der Waals surface area contributed by atoms with E-state index in [0.29, 0.717) is 17.1 Å². The van der Waals surface area contributed by atoms with Crippen molar-refractivity contribution >= 4 is 16.9 Å². The summed E-state index contributed by atoms with van der Waals surface area (Å²) in [6.07, 6.45) is 3.52. The Hall–Kier alpha value is -3.02. The SMILES string of the molecule is COc1ccc([C@H](C)NC(=O)c2cn(C)c3ncccc23)cc1OC. The van der Waals surface area contributed by atoms with E-state index >= 15 is 0 Å². The Morgan fingerprint density at radius 3 is 2.68 bits per heavy atom. The van der Waals surface area contributed by atoms with Crippen molar-refractivity contribution in [1.29, 1.82) is 0 Å². The third-order valence-electron chi connectivity index (χ3n) is 4.23. The molecule has 2 aromatic heterocycles. The highest BCUT2D eigenvalue weighted by Gasteiger charge is 2.18. The van der Waals surface area contributed by atoms with Gasteiger partial charge in [0.2, 0.25) is 0 Å². The average Bonchev–Trinajstić information content (AvgIpc) is 2.98. The van der Waals surface area contributed by atoms with E-state index in [4.69, 9.17) is 9.47 Å². The van der Waals surface area contributed by atoms with Crippen molar-refractivity contribution in [3.63, 3.8) is 0 Å². The second kappa shape index (κ2) is 6.84. The van der Waals surface area contributed by atoms with Crippen molar-refractivity contribution in [2.75, 3.05) is 14.2 Å². The topological polar surface area (TPSA) is 65.4 Å². The molecule has 0 saturated heterocycles. The van der Waals surface area contributed by atoms with Crippen LogP contribution in [-0.2, 0) is 7.05 Å². The second-order valence-electron chi connectivity index (χ2n) is 5.84. The monoisotopic (exact) mass is 339 g/mol. The summed E-state index contributed by atoms with van der Waals surface area (Å²) in [5, 5.41) is 3.87. The normalized spacial score (nSPS) is 12.0. The predicted octanol–water partition coefficient (Wildman–Crippen LogP) is 3.08. The molecule has 0 spiro atoms. The van der Waals surface area contributed by atoms with Crippen molar-refractivity contribution in [2.45, 2.75) is 13.0 Å². The Morgan fingerprint density at radius 1 is 1.20 bits per heavy atom. The van der Waals surface area contributed by atoms with Gasteiger partial charge in [0, 0.05) is 24.8 Å². The molecule has 6 nitrogen and oxygen atoms in total. The molecule has 6 heteroatoms. The summed E-state index contributed by atoms with van der Waals surface area (Å²) in [4.78, 5) is 17.0. The molecule has 130 valence electrons. The van der Waals surface area contributed by atoms with E-state index in [1.54, 1.807) is 26.6 Å². The average molecular weight is 339 g/mol. The van der Waals surface area contributed by atoms with Crippen LogP contribution < -0.4 is 14.8 Å². The van der Waals surface area contributed by atoms with E-state index in [1.165, 1.54) is 0 Å². The molecule has 0 fully saturated rings. The fraction of sp³-hybridized carbons (Fsp3) is 0.263. The minimum Gasteiger partial charge on any atom is -0.493 e. The van der Waals surface area contributed by atoms with Crippen molar-refractivity contribution in [3.8, 4) is 11.5 Å². The Labute approximate surface area is 146 Å². The Kier molecular flexibility index (Phi) is 4.61. The molecule has 0 aliphatic heterocycles. The van der Waals surface area contributed by atoms with Crippen LogP contribution in [0.2, 0.25) is 0 Å². The maximum atomic E-state index is 12.7. The molecule has 3 aromatic rings. The zero-order valence-electron chi connectivity index (χ0n) is 14.7. The molecule has 0 aliphatic rings. The summed E-state index contributed by atoms with van der Waals surface area (Å²) < 4.78 is 12.4. The van der Waals surface area contributed by atoms with Crippen molar-refractivity contribution in [2.24, 2.45) is 7.05 Å². The van der Waals surface area contributed by atoms with Crippen LogP contribution in [0, 0.1) is 0 Å². The maximum Gasteiger partial charge on any atom is 0.253 e. The molecule has 0 radical (unpaired) electrons. The first-order chi connectivity index (χ1) is 12.0. The van der Waals surface area contributed by atoms with Crippen LogP contribution in [0.25, 0.3) is 11.0 Å².